The standard InChI is InChI=1S/C15H28O4S/c1-3-4-5-6-15(2,18)9-20-14-10-7-13(17)19-12(10)8-11(14)16/h10-14,16-18H,3-9H2,1-2H3. The molecule has 3 N–H and O–H groups in total. The van der Waals surface area contributed by atoms with Gasteiger partial charge in [-0.2, -0.15) is 11.8 Å². The molecule has 1 aliphatic heterocycles. The first kappa shape index (κ1) is 16.6. The highest BCUT2D eigenvalue weighted by atomic mass is 32.2. The molecule has 2 rings (SSSR count). The molecule has 6 unspecified atom stereocenters. The Morgan fingerprint density at radius 2 is 2.00 bits per heavy atom. The summed E-state index contributed by atoms with van der Waals surface area (Å²) < 4.78 is 5.42. The van der Waals surface area contributed by atoms with Crippen molar-refractivity contribution in [1.82, 2.24) is 0 Å². The summed E-state index contributed by atoms with van der Waals surface area (Å²) in [6.07, 6.45) is 4.31. The number of thioether (sulfide) groups is 1. The second kappa shape index (κ2) is 6.97. The van der Waals surface area contributed by atoms with Crippen molar-refractivity contribution >= 4 is 11.8 Å². The molecule has 5 heteroatoms. The Bertz CT molecular complexity index is 310. The Hall–Kier alpha value is 0.190. The van der Waals surface area contributed by atoms with Crippen LogP contribution in [0.5, 0.6) is 0 Å². The van der Waals surface area contributed by atoms with Crippen molar-refractivity contribution in [1.29, 1.82) is 0 Å². The molecule has 1 aliphatic carbocycles. The van der Waals surface area contributed by atoms with Crippen LogP contribution < -0.4 is 0 Å². The minimum absolute atomic E-state index is 0.0115. The van der Waals surface area contributed by atoms with Crippen molar-refractivity contribution in [3.05, 3.63) is 0 Å². The van der Waals surface area contributed by atoms with Crippen molar-refractivity contribution < 1.29 is 20.1 Å². The lowest BCUT2D eigenvalue weighted by Crippen LogP contribution is -2.31. The first-order valence-electron chi connectivity index (χ1n) is 7.78. The van der Waals surface area contributed by atoms with Crippen LogP contribution in [-0.2, 0) is 4.74 Å². The molecule has 0 aromatic heterocycles. The van der Waals surface area contributed by atoms with Gasteiger partial charge in [0.05, 0.1) is 17.8 Å². The predicted molar refractivity (Wildman–Crippen MR) is 80.6 cm³/mol. The second-order valence-corrected chi connectivity index (χ2v) is 7.73. The van der Waals surface area contributed by atoms with Gasteiger partial charge in [-0.25, -0.2) is 0 Å². The molecule has 20 heavy (non-hydrogen) atoms. The number of aliphatic hydroxyl groups is 3. The van der Waals surface area contributed by atoms with E-state index in [4.69, 9.17) is 4.74 Å². The summed E-state index contributed by atoms with van der Waals surface area (Å²) in [6.45, 7) is 4.04. The van der Waals surface area contributed by atoms with E-state index < -0.39 is 11.9 Å². The molecule has 2 aliphatic rings. The van der Waals surface area contributed by atoms with E-state index in [2.05, 4.69) is 6.92 Å². The van der Waals surface area contributed by atoms with E-state index in [-0.39, 0.29) is 23.4 Å². The van der Waals surface area contributed by atoms with E-state index in [1.54, 1.807) is 11.8 Å². The molecule has 118 valence electrons. The molecule has 0 spiro atoms. The van der Waals surface area contributed by atoms with E-state index in [0.29, 0.717) is 18.6 Å². The molecule has 1 heterocycles. The first-order valence-corrected chi connectivity index (χ1v) is 8.83. The van der Waals surface area contributed by atoms with Crippen LogP contribution in [-0.4, -0.2) is 50.4 Å². The van der Waals surface area contributed by atoms with E-state index in [1.165, 1.54) is 0 Å². The molecule has 0 aromatic carbocycles. The molecular weight excluding hydrogens is 276 g/mol. The van der Waals surface area contributed by atoms with Crippen molar-refractivity contribution in [3.8, 4) is 0 Å². The average molecular weight is 304 g/mol. The van der Waals surface area contributed by atoms with Crippen LogP contribution in [0.15, 0.2) is 0 Å². The van der Waals surface area contributed by atoms with Gasteiger partial charge in [0.15, 0.2) is 6.29 Å². The zero-order valence-corrected chi connectivity index (χ0v) is 13.3. The molecule has 6 atom stereocenters. The molecule has 1 saturated heterocycles. The fraction of sp³-hybridized carbons (Fsp3) is 1.00. The summed E-state index contributed by atoms with van der Waals surface area (Å²) in [5.74, 6) is 0.856. The summed E-state index contributed by atoms with van der Waals surface area (Å²) in [5.41, 5.74) is -0.671. The Morgan fingerprint density at radius 3 is 2.70 bits per heavy atom. The van der Waals surface area contributed by atoms with Gasteiger partial charge in [-0.05, 0) is 13.3 Å². The molecule has 0 aromatic rings. The van der Waals surface area contributed by atoms with Crippen molar-refractivity contribution in [2.75, 3.05) is 5.75 Å². The lowest BCUT2D eigenvalue weighted by atomic mass is 10.0. The zero-order valence-electron chi connectivity index (χ0n) is 12.5. The van der Waals surface area contributed by atoms with E-state index >= 15 is 0 Å². The highest BCUT2D eigenvalue weighted by Gasteiger charge is 2.49. The fourth-order valence-corrected chi connectivity index (χ4v) is 4.88. The second-order valence-electron chi connectivity index (χ2n) is 6.56. The number of rotatable bonds is 7. The van der Waals surface area contributed by atoms with Crippen molar-refractivity contribution in [2.24, 2.45) is 5.92 Å². The first-order chi connectivity index (χ1) is 9.43. The van der Waals surface area contributed by atoms with Crippen molar-refractivity contribution in [2.45, 2.75) is 81.7 Å². The van der Waals surface area contributed by atoms with Gasteiger partial charge in [0.1, 0.15) is 0 Å². The molecule has 2 fully saturated rings. The van der Waals surface area contributed by atoms with Crippen LogP contribution >= 0.6 is 11.8 Å². The number of fused-ring (bicyclic) bond motifs is 1. The third kappa shape index (κ3) is 4.10. The number of hydrogen-bond acceptors (Lipinski definition) is 5. The van der Waals surface area contributed by atoms with Crippen LogP contribution in [0.1, 0.15) is 52.4 Å². The van der Waals surface area contributed by atoms with Crippen LogP contribution in [0, 0.1) is 5.92 Å². The number of hydrogen-bond donors (Lipinski definition) is 3. The van der Waals surface area contributed by atoms with Gasteiger partial charge in [0.25, 0.3) is 0 Å². The van der Waals surface area contributed by atoms with Crippen LogP contribution in [0.4, 0.5) is 0 Å². The smallest absolute Gasteiger partial charge is 0.155 e. The summed E-state index contributed by atoms with van der Waals surface area (Å²) >= 11 is 1.64. The Kier molecular flexibility index (Phi) is 5.77. The van der Waals surface area contributed by atoms with Crippen LogP contribution in [0.3, 0.4) is 0 Å². The van der Waals surface area contributed by atoms with E-state index in [9.17, 15) is 15.3 Å². The lowest BCUT2D eigenvalue weighted by Gasteiger charge is -2.27. The van der Waals surface area contributed by atoms with Crippen LogP contribution in [0.2, 0.25) is 0 Å². The highest BCUT2D eigenvalue weighted by Crippen LogP contribution is 2.45. The van der Waals surface area contributed by atoms with E-state index in [1.807, 2.05) is 6.92 Å². The summed E-state index contributed by atoms with van der Waals surface area (Å²) in [7, 11) is 0. The largest absolute Gasteiger partial charge is 0.392 e. The Balaban J connectivity index is 1.80. The normalized spacial score (nSPS) is 39.8. The number of ether oxygens (including phenoxy) is 1. The van der Waals surface area contributed by atoms with Gasteiger partial charge in [0.2, 0.25) is 0 Å². The summed E-state index contributed by atoms with van der Waals surface area (Å²) in [6, 6.07) is 0. The SMILES string of the molecule is CCCCCC(C)(O)CSC1C(O)CC2OC(O)CC21. The molecular formula is C15H28O4S. The lowest BCUT2D eigenvalue weighted by molar-refractivity contribution is -0.0947. The average Bonchev–Trinajstić information content (AvgIpc) is 2.82. The molecule has 0 amide bonds. The van der Waals surface area contributed by atoms with Crippen LogP contribution in [0.25, 0.3) is 0 Å². The van der Waals surface area contributed by atoms with E-state index in [0.717, 1.165) is 25.7 Å². The monoisotopic (exact) mass is 304 g/mol. The highest BCUT2D eigenvalue weighted by molar-refractivity contribution is 8.00. The Labute approximate surface area is 125 Å². The number of aliphatic hydroxyl groups excluding tert-OH is 2. The third-order valence-electron chi connectivity index (χ3n) is 4.46. The maximum Gasteiger partial charge on any atom is 0.155 e. The summed E-state index contributed by atoms with van der Waals surface area (Å²) in [5, 5.41) is 30.2. The molecule has 1 saturated carbocycles. The molecule has 0 bridgehead atoms. The minimum Gasteiger partial charge on any atom is -0.392 e. The molecule has 4 nitrogen and oxygen atoms in total. The van der Waals surface area contributed by atoms with Gasteiger partial charge in [-0.1, -0.05) is 26.2 Å². The zero-order chi connectivity index (χ0) is 14.8. The van der Waals surface area contributed by atoms with Gasteiger partial charge in [0, 0.05) is 29.8 Å². The minimum atomic E-state index is -0.675. The van der Waals surface area contributed by atoms with Crippen molar-refractivity contribution in [3.63, 3.8) is 0 Å². The maximum absolute atomic E-state index is 10.4. The topological polar surface area (TPSA) is 69.9 Å². The summed E-state index contributed by atoms with van der Waals surface area (Å²) in [4.78, 5) is 0. The maximum atomic E-state index is 10.4. The third-order valence-corrected chi connectivity index (χ3v) is 6.30. The van der Waals surface area contributed by atoms with Gasteiger partial charge >= 0.3 is 0 Å². The quantitative estimate of drug-likeness (QED) is 0.627. The van der Waals surface area contributed by atoms with Gasteiger partial charge in [-0.15, -0.1) is 0 Å². The Morgan fingerprint density at radius 1 is 1.25 bits per heavy atom. The predicted octanol–water partition coefficient (Wildman–Crippen LogP) is 1.91. The fourth-order valence-electron chi connectivity index (χ4n) is 3.31. The van der Waals surface area contributed by atoms with Gasteiger partial charge in [-0.3, -0.25) is 0 Å². The number of unbranched alkanes of at least 4 members (excludes halogenated alkanes) is 2. The van der Waals surface area contributed by atoms with Gasteiger partial charge < -0.3 is 20.1 Å². The molecule has 0 radical (unpaired) electrons.